The Labute approximate surface area is 169 Å². The Morgan fingerprint density at radius 2 is 1.93 bits per heavy atom. The van der Waals surface area contributed by atoms with Crippen molar-refractivity contribution in [1.29, 1.82) is 0 Å². The van der Waals surface area contributed by atoms with Crippen molar-refractivity contribution in [2.24, 2.45) is 11.8 Å². The van der Waals surface area contributed by atoms with Crippen LogP contribution in [0, 0.1) is 11.8 Å². The lowest BCUT2D eigenvalue weighted by Crippen LogP contribution is -3.14. The van der Waals surface area contributed by atoms with Crippen molar-refractivity contribution in [3.8, 4) is 11.6 Å². The summed E-state index contributed by atoms with van der Waals surface area (Å²) in [6, 6.07) is 8.30. The third kappa shape index (κ3) is 3.49. The fraction of sp³-hybridized carbons (Fsp3) is 0.524. The molecule has 3 aromatic rings. The van der Waals surface area contributed by atoms with Crippen LogP contribution >= 0.6 is 11.3 Å². The highest BCUT2D eigenvalue weighted by molar-refractivity contribution is 7.17. The highest BCUT2D eigenvalue weighted by Crippen LogP contribution is 2.36. The molecule has 3 heterocycles. The Morgan fingerprint density at radius 3 is 2.50 bits per heavy atom. The molecule has 7 heteroatoms. The van der Waals surface area contributed by atoms with Gasteiger partial charge in [0.25, 0.3) is 0 Å². The van der Waals surface area contributed by atoms with Gasteiger partial charge in [-0.2, -0.15) is 4.52 Å². The van der Waals surface area contributed by atoms with Crippen molar-refractivity contribution in [2.75, 3.05) is 20.2 Å². The Morgan fingerprint density at radius 1 is 1.25 bits per heavy atom. The molecule has 4 rings (SSSR count). The van der Waals surface area contributed by atoms with Crippen LogP contribution in [0.5, 0.6) is 11.6 Å². The standard InChI is InChI=1S/C21H28N4O2S/c1-5-17-22-21-25(23-17)20(26)19(28-21)18(15-6-8-16(27-4)9-7-15)24-11-13(2)10-14(3)12-24/h6-9,13-14,18,26H,5,10-12H2,1-4H3/p+1/t13-,14-,18+/m0/s1. The van der Waals surface area contributed by atoms with Gasteiger partial charge < -0.3 is 14.7 Å². The predicted octanol–water partition coefficient (Wildman–Crippen LogP) is 2.72. The topological polar surface area (TPSA) is 64.1 Å². The molecule has 3 atom stereocenters. The van der Waals surface area contributed by atoms with Crippen LogP contribution < -0.4 is 9.64 Å². The lowest BCUT2D eigenvalue weighted by molar-refractivity contribution is -0.936. The number of quaternary nitrogens is 1. The second-order valence-corrected chi connectivity index (χ2v) is 9.09. The van der Waals surface area contributed by atoms with Crippen molar-refractivity contribution < 1.29 is 14.7 Å². The number of piperidine rings is 1. The molecule has 0 unspecified atom stereocenters. The first kappa shape index (κ1) is 19.2. The minimum Gasteiger partial charge on any atom is -0.497 e. The maximum Gasteiger partial charge on any atom is 0.235 e. The van der Waals surface area contributed by atoms with E-state index < -0.39 is 0 Å². The fourth-order valence-electron chi connectivity index (χ4n) is 4.57. The molecule has 2 N–H and O–H groups in total. The van der Waals surface area contributed by atoms with E-state index in [4.69, 9.17) is 4.74 Å². The zero-order chi connectivity index (χ0) is 19.8. The maximum absolute atomic E-state index is 11.0. The van der Waals surface area contributed by atoms with E-state index in [0.717, 1.165) is 40.9 Å². The zero-order valence-electron chi connectivity index (χ0n) is 17.0. The number of likely N-dealkylation sites (tertiary alicyclic amines) is 1. The summed E-state index contributed by atoms with van der Waals surface area (Å²) >= 11 is 1.56. The minimum absolute atomic E-state index is 0.0645. The van der Waals surface area contributed by atoms with Gasteiger partial charge in [-0.25, -0.2) is 4.98 Å². The van der Waals surface area contributed by atoms with Crippen molar-refractivity contribution in [3.63, 3.8) is 0 Å². The summed E-state index contributed by atoms with van der Waals surface area (Å²) in [6.45, 7) is 8.87. The summed E-state index contributed by atoms with van der Waals surface area (Å²) in [7, 11) is 1.68. The largest absolute Gasteiger partial charge is 0.497 e. The number of aryl methyl sites for hydroxylation is 1. The highest BCUT2D eigenvalue weighted by Gasteiger charge is 2.37. The fourth-order valence-corrected chi connectivity index (χ4v) is 5.72. The van der Waals surface area contributed by atoms with Gasteiger partial charge in [-0.1, -0.05) is 32.1 Å². The molecule has 1 fully saturated rings. The Kier molecular flexibility index (Phi) is 5.29. The summed E-state index contributed by atoms with van der Waals surface area (Å²) in [4.78, 5) is 7.77. The summed E-state index contributed by atoms with van der Waals surface area (Å²) < 4.78 is 6.94. The molecule has 0 saturated carbocycles. The van der Waals surface area contributed by atoms with E-state index in [0.29, 0.717) is 11.8 Å². The Bertz CT molecular complexity index is 939. The number of methoxy groups -OCH3 is 1. The molecule has 1 aliphatic rings. The van der Waals surface area contributed by atoms with Crippen LogP contribution in [0.2, 0.25) is 0 Å². The average molecular weight is 402 g/mol. The SMILES string of the molecule is CCc1nc2sc([C@@H](c3ccc(OC)cc3)[NH+]3C[C@@H](C)C[C@H](C)C3)c(O)n2n1. The van der Waals surface area contributed by atoms with Gasteiger partial charge in [0.15, 0.2) is 11.9 Å². The number of nitrogens with one attached hydrogen (secondary N) is 1. The average Bonchev–Trinajstić information content (AvgIpc) is 3.21. The normalized spacial score (nSPS) is 23.8. The van der Waals surface area contributed by atoms with E-state index in [9.17, 15) is 5.11 Å². The van der Waals surface area contributed by atoms with Gasteiger partial charge in [0, 0.05) is 23.8 Å². The van der Waals surface area contributed by atoms with Gasteiger partial charge in [-0.05, 0) is 30.7 Å². The molecule has 1 saturated heterocycles. The number of hydrogen-bond donors (Lipinski definition) is 2. The first-order valence-corrected chi connectivity index (χ1v) is 10.9. The van der Waals surface area contributed by atoms with E-state index >= 15 is 0 Å². The summed E-state index contributed by atoms with van der Waals surface area (Å²) in [6.07, 6.45) is 2.03. The smallest absolute Gasteiger partial charge is 0.235 e. The number of rotatable bonds is 5. The number of aromatic nitrogens is 3. The molecule has 0 amide bonds. The lowest BCUT2D eigenvalue weighted by atomic mass is 9.89. The molecular formula is C21H29N4O2S+. The molecule has 28 heavy (non-hydrogen) atoms. The van der Waals surface area contributed by atoms with Crippen LogP contribution in [0.15, 0.2) is 24.3 Å². The summed E-state index contributed by atoms with van der Waals surface area (Å²) in [5, 5.41) is 15.5. The quantitative estimate of drug-likeness (QED) is 0.690. The van der Waals surface area contributed by atoms with E-state index in [1.54, 1.807) is 23.0 Å². The molecule has 0 bridgehead atoms. The van der Waals surface area contributed by atoms with Crippen LogP contribution in [0.25, 0.3) is 4.96 Å². The second kappa shape index (κ2) is 7.72. The Hall–Kier alpha value is -2.12. The summed E-state index contributed by atoms with van der Waals surface area (Å²) in [5.41, 5.74) is 1.19. The third-order valence-electron chi connectivity index (χ3n) is 5.71. The number of ether oxygens (including phenoxy) is 1. The maximum atomic E-state index is 11.0. The number of benzene rings is 1. The summed E-state index contributed by atoms with van der Waals surface area (Å²) in [5.74, 6) is 3.16. The van der Waals surface area contributed by atoms with Gasteiger partial charge in [-0.15, -0.1) is 5.10 Å². The minimum atomic E-state index is 0.0645. The highest BCUT2D eigenvalue weighted by atomic mass is 32.1. The molecule has 0 aliphatic carbocycles. The molecule has 1 aromatic carbocycles. The first-order valence-electron chi connectivity index (χ1n) is 10.1. The molecule has 1 aliphatic heterocycles. The predicted molar refractivity (Wildman–Crippen MR) is 110 cm³/mol. The number of nitrogens with zero attached hydrogens (tertiary/aromatic N) is 3. The Balaban J connectivity index is 1.80. The van der Waals surface area contributed by atoms with E-state index in [-0.39, 0.29) is 11.9 Å². The number of fused-ring (bicyclic) bond motifs is 1. The van der Waals surface area contributed by atoms with E-state index in [1.807, 2.05) is 19.1 Å². The zero-order valence-corrected chi connectivity index (χ0v) is 17.8. The number of hydrogen-bond acceptors (Lipinski definition) is 5. The molecule has 2 aromatic heterocycles. The number of thiazole rings is 1. The molecule has 150 valence electrons. The van der Waals surface area contributed by atoms with Gasteiger partial charge in [0.1, 0.15) is 10.6 Å². The van der Waals surface area contributed by atoms with Gasteiger partial charge in [-0.3, -0.25) is 0 Å². The van der Waals surface area contributed by atoms with Crippen LogP contribution in [-0.2, 0) is 6.42 Å². The van der Waals surface area contributed by atoms with Gasteiger partial charge in [0.05, 0.1) is 20.2 Å². The van der Waals surface area contributed by atoms with E-state index in [2.05, 4.69) is 36.1 Å². The van der Waals surface area contributed by atoms with Crippen molar-refractivity contribution in [2.45, 2.75) is 39.7 Å². The molecule has 6 nitrogen and oxygen atoms in total. The molecular weight excluding hydrogens is 372 g/mol. The third-order valence-corrected chi connectivity index (χ3v) is 6.79. The van der Waals surface area contributed by atoms with E-state index in [1.165, 1.54) is 16.9 Å². The van der Waals surface area contributed by atoms with Crippen LogP contribution in [-0.4, -0.2) is 39.9 Å². The number of aromatic hydroxyl groups is 1. The van der Waals surface area contributed by atoms with Crippen LogP contribution in [0.4, 0.5) is 0 Å². The first-order chi connectivity index (χ1) is 13.5. The molecule has 0 radical (unpaired) electrons. The van der Waals surface area contributed by atoms with Crippen molar-refractivity contribution >= 4 is 16.3 Å². The molecule has 0 spiro atoms. The van der Waals surface area contributed by atoms with Gasteiger partial charge in [0.2, 0.25) is 10.8 Å². The van der Waals surface area contributed by atoms with Crippen LogP contribution in [0.3, 0.4) is 0 Å². The van der Waals surface area contributed by atoms with Crippen LogP contribution in [0.1, 0.15) is 49.5 Å². The van der Waals surface area contributed by atoms with Crippen molar-refractivity contribution in [1.82, 2.24) is 14.6 Å². The van der Waals surface area contributed by atoms with Gasteiger partial charge >= 0.3 is 0 Å². The second-order valence-electron chi connectivity index (χ2n) is 8.08. The monoisotopic (exact) mass is 401 g/mol. The van der Waals surface area contributed by atoms with Crippen molar-refractivity contribution in [3.05, 3.63) is 40.5 Å². The lowest BCUT2D eigenvalue weighted by Gasteiger charge is -2.37.